The first kappa shape index (κ1) is 16.2. The molecule has 5 rings (SSSR count). The fourth-order valence-corrected chi connectivity index (χ4v) is 7.62. The normalized spacial score (nSPS) is 56.0. The van der Waals surface area contributed by atoms with E-state index < -0.39 is 17.1 Å². The van der Waals surface area contributed by atoms with E-state index in [9.17, 15) is 14.7 Å². The summed E-state index contributed by atoms with van der Waals surface area (Å²) in [4.78, 5) is 26.4. The number of carbonyl (C=O) groups excluding carboxylic acids is 2. The summed E-state index contributed by atoms with van der Waals surface area (Å²) in [6.07, 6.45) is 3.12. The number of rotatable bonds is 0. The molecule has 0 radical (unpaired) electrons. The highest BCUT2D eigenvalue weighted by Gasteiger charge is 2.77. The van der Waals surface area contributed by atoms with Crippen LogP contribution in [0.5, 0.6) is 0 Å². The van der Waals surface area contributed by atoms with E-state index in [1.165, 1.54) is 0 Å². The number of fused-ring (bicyclic) bond motifs is 1. The highest BCUT2D eigenvalue weighted by atomic mass is 16.6. The lowest BCUT2D eigenvalue weighted by Gasteiger charge is -2.61. The minimum atomic E-state index is -0.988. The third kappa shape index (κ3) is 1.64. The van der Waals surface area contributed by atoms with Crippen molar-refractivity contribution in [2.45, 2.75) is 65.3 Å². The Morgan fingerprint density at radius 3 is 2.68 bits per heavy atom. The molecular formula is C20H28O5. The third-order valence-electron chi connectivity index (χ3n) is 8.69. The van der Waals surface area contributed by atoms with E-state index >= 15 is 0 Å². The minimum Gasteiger partial charge on any atom is -0.461 e. The zero-order chi connectivity index (χ0) is 17.8. The van der Waals surface area contributed by atoms with E-state index in [-0.39, 0.29) is 41.0 Å². The maximum Gasteiger partial charge on any atom is 0.320 e. The summed E-state index contributed by atoms with van der Waals surface area (Å²) in [5.41, 5.74) is -1.50. The van der Waals surface area contributed by atoms with Gasteiger partial charge < -0.3 is 14.6 Å². The number of esters is 1. The Hall–Kier alpha value is -0.940. The van der Waals surface area contributed by atoms with Gasteiger partial charge in [-0.1, -0.05) is 20.8 Å². The van der Waals surface area contributed by atoms with Gasteiger partial charge >= 0.3 is 5.97 Å². The SMILES string of the molecule is C[C@H]1C(=O)[C@]23C[C@@H]1CC[C@H]2C12CO[C@@H](O)[C@@H]1C(C)(C)CC[C@@H]2OC3=O. The predicted molar refractivity (Wildman–Crippen MR) is 88.2 cm³/mol. The van der Waals surface area contributed by atoms with Crippen LogP contribution in [0.15, 0.2) is 0 Å². The zero-order valence-corrected chi connectivity index (χ0v) is 15.3. The summed E-state index contributed by atoms with van der Waals surface area (Å²) >= 11 is 0. The maximum absolute atomic E-state index is 13.3. The van der Waals surface area contributed by atoms with Gasteiger partial charge in [0, 0.05) is 17.3 Å². The Morgan fingerprint density at radius 1 is 1.16 bits per heavy atom. The Kier molecular flexibility index (Phi) is 3.03. The van der Waals surface area contributed by atoms with Crippen LogP contribution < -0.4 is 0 Å². The topological polar surface area (TPSA) is 72.8 Å². The highest BCUT2D eigenvalue weighted by molar-refractivity contribution is 6.07. The molecule has 0 amide bonds. The number of aliphatic hydroxyl groups excluding tert-OH is 1. The van der Waals surface area contributed by atoms with Crippen LogP contribution in [-0.4, -0.2) is 35.9 Å². The lowest BCUT2D eigenvalue weighted by molar-refractivity contribution is -0.236. The molecule has 0 aromatic carbocycles. The second kappa shape index (κ2) is 4.66. The molecule has 2 saturated heterocycles. The first-order valence-corrected chi connectivity index (χ1v) is 9.80. The molecule has 0 aromatic heterocycles. The molecule has 2 heterocycles. The predicted octanol–water partition coefficient (Wildman–Crippen LogP) is 2.30. The summed E-state index contributed by atoms with van der Waals surface area (Å²) < 4.78 is 11.8. The number of Topliss-reactive ketones (excluding diaryl/α,β-unsaturated/α-hetero) is 1. The van der Waals surface area contributed by atoms with Crippen LogP contribution in [0.4, 0.5) is 0 Å². The first-order valence-electron chi connectivity index (χ1n) is 9.80. The van der Waals surface area contributed by atoms with Gasteiger partial charge in [0.05, 0.1) is 6.61 Å². The molecule has 1 unspecified atom stereocenters. The van der Waals surface area contributed by atoms with Gasteiger partial charge in [-0.3, -0.25) is 9.59 Å². The van der Waals surface area contributed by atoms with Gasteiger partial charge in [-0.05, 0) is 49.4 Å². The lowest BCUT2D eigenvalue weighted by atomic mass is 9.44. The largest absolute Gasteiger partial charge is 0.461 e. The van der Waals surface area contributed by atoms with E-state index in [1.54, 1.807) is 0 Å². The summed E-state index contributed by atoms with van der Waals surface area (Å²) in [7, 11) is 0. The number of hydrogen-bond acceptors (Lipinski definition) is 5. The second-order valence-corrected chi connectivity index (χ2v) is 9.93. The molecule has 3 saturated carbocycles. The van der Waals surface area contributed by atoms with E-state index in [1.807, 2.05) is 6.92 Å². The smallest absolute Gasteiger partial charge is 0.320 e. The molecular weight excluding hydrogens is 320 g/mol. The van der Waals surface area contributed by atoms with Crippen molar-refractivity contribution in [2.24, 2.45) is 39.9 Å². The average molecular weight is 348 g/mol. The molecule has 5 aliphatic rings. The van der Waals surface area contributed by atoms with Gasteiger partial charge in [-0.25, -0.2) is 0 Å². The Bertz CT molecular complexity index is 656. The highest BCUT2D eigenvalue weighted by Crippen LogP contribution is 2.71. The maximum atomic E-state index is 13.3. The Labute approximate surface area is 148 Å². The lowest BCUT2D eigenvalue weighted by Crippen LogP contribution is -2.68. The summed E-state index contributed by atoms with van der Waals surface area (Å²) in [6, 6.07) is 0. The molecule has 0 aromatic rings. The van der Waals surface area contributed by atoms with Crippen molar-refractivity contribution in [1.82, 2.24) is 0 Å². The van der Waals surface area contributed by atoms with Crippen molar-refractivity contribution in [2.75, 3.05) is 6.61 Å². The summed E-state index contributed by atoms with van der Waals surface area (Å²) in [5, 5.41) is 10.7. The van der Waals surface area contributed by atoms with Crippen LogP contribution in [0.1, 0.15) is 52.9 Å². The van der Waals surface area contributed by atoms with Crippen LogP contribution in [0.2, 0.25) is 0 Å². The second-order valence-electron chi connectivity index (χ2n) is 9.93. The quantitative estimate of drug-likeness (QED) is 0.537. The van der Waals surface area contributed by atoms with Gasteiger partial charge in [-0.2, -0.15) is 0 Å². The first-order chi connectivity index (χ1) is 11.7. The molecule has 25 heavy (non-hydrogen) atoms. The Morgan fingerprint density at radius 2 is 1.92 bits per heavy atom. The number of hydrogen-bond donors (Lipinski definition) is 1. The molecule has 5 fully saturated rings. The van der Waals surface area contributed by atoms with E-state index in [0.29, 0.717) is 18.9 Å². The minimum absolute atomic E-state index is 0.0540. The molecule has 8 atom stereocenters. The van der Waals surface area contributed by atoms with Gasteiger partial charge in [0.25, 0.3) is 0 Å². The van der Waals surface area contributed by atoms with E-state index in [4.69, 9.17) is 9.47 Å². The third-order valence-corrected chi connectivity index (χ3v) is 8.69. The molecule has 2 bridgehead atoms. The van der Waals surface area contributed by atoms with Crippen LogP contribution in [0.3, 0.4) is 0 Å². The van der Waals surface area contributed by atoms with E-state index in [2.05, 4.69) is 13.8 Å². The standard InChI is InChI=1S/C20H28O5/c1-10-11-4-5-12-19(8-11,15(10)21)17(23)25-13-6-7-18(2,3)14-16(22)24-9-20(12,13)14/h10-14,16,22H,4-9H2,1-3H3/t10-,11+,12-,13+,14-,16-,19+,20?/m1/s1. The molecule has 2 aliphatic heterocycles. The van der Waals surface area contributed by atoms with Crippen LogP contribution in [0, 0.1) is 39.9 Å². The summed E-state index contributed by atoms with van der Waals surface area (Å²) in [5.74, 6) is -0.108. The molecule has 5 nitrogen and oxygen atoms in total. The fraction of sp³-hybridized carbons (Fsp3) is 0.900. The Balaban J connectivity index is 1.70. The van der Waals surface area contributed by atoms with Crippen LogP contribution in [-0.2, 0) is 19.1 Å². The number of aliphatic hydroxyl groups is 1. The number of ether oxygens (including phenoxy) is 2. The molecule has 3 aliphatic carbocycles. The van der Waals surface area contributed by atoms with E-state index in [0.717, 1.165) is 25.7 Å². The fourth-order valence-electron chi connectivity index (χ4n) is 7.62. The van der Waals surface area contributed by atoms with Crippen molar-refractivity contribution >= 4 is 11.8 Å². The zero-order valence-electron chi connectivity index (χ0n) is 15.3. The monoisotopic (exact) mass is 348 g/mol. The van der Waals surface area contributed by atoms with Gasteiger partial charge in [0.2, 0.25) is 0 Å². The molecule has 1 N–H and O–H groups in total. The van der Waals surface area contributed by atoms with Crippen molar-refractivity contribution in [1.29, 1.82) is 0 Å². The number of carbonyl (C=O) groups is 2. The van der Waals surface area contributed by atoms with Crippen LogP contribution in [0.25, 0.3) is 0 Å². The van der Waals surface area contributed by atoms with Crippen molar-refractivity contribution in [3.63, 3.8) is 0 Å². The van der Waals surface area contributed by atoms with Gasteiger partial charge in [-0.15, -0.1) is 0 Å². The summed E-state index contributed by atoms with van der Waals surface area (Å²) in [6.45, 7) is 6.74. The van der Waals surface area contributed by atoms with Crippen molar-refractivity contribution < 1.29 is 24.2 Å². The molecule has 138 valence electrons. The van der Waals surface area contributed by atoms with Gasteiger partial charge in [0.1, 0.15) is 11.5 Å². The average Bonchev–Trinajstić information content (AvgIpc) is 3.01. The number of ketones is 1. The molecule has 2 spiro atoms. The van der Waals surface area contributed by atoms with Gasteiger partial charge in [0.15, 0.2) is 12.1 Å². The van der Waals surface area contributed by atoms with Crippen molar-refractivity contribution in [3.8, 4) is 0 Å². The molecule has 5 heteroatoms. The van der Waals surface area contributed by atoms with Crippen molar-refractivity contribution in [3.05, 3.63) is 0 Å². The van der Waals surface area contributed by atoms with Crippen LogP contribution >= 0.6 is 0 Å².